The van der Waals surface area contributed by atoms with Gasteiger partial charge in [-0.1, -0.05) is 170 Å². The van der Waals surface area contributed by atoms with Gasteiger partial charge in [0, 0.05) is 34.2 Å². The van der Waals surface area contributed by atoms with Crippen LogP contribution in [0, 0.1) is 0 Å². The van der Waals surface area contributed by atoms with Gasteiger partial charge >= 0.3 is 0 Å². The molecule has 3 nitrogen and oxygen atoms in total. The Bertz CT molecular complexity index is 2820. The molecule has 0 radical (unpaired) electrons. The van der Waals surface area contributed by atoms with Crippen LogP contribution in [0.4, 0.5) is 0 Å². The van der Waals surface area contributed by atoms with Gasteiger partial charge in [-0.15, -0.1) is 0 Å². The lowest BCUT2D eigenvalue weighted by Gasteiger charge is -2.36. The molecule has 55 heavy (non-hydrogen) atoms. The summed E-state index contributed by atoms with van der Waals surface area (Å²) in [7, 11) is -2.87. The van der Waals surface area contributed by atoms with Gasteiger partial charge in [0.05, 0.1) is 0 Å². The van der Waals surface area contributed by atoms with Crippen LogP contribution in [0.2, 0.25) is 0 Å². The Labute approximate surface area is 321 Å². The molecule has 2 aromatic heterocycles. The number of hydrogen-bond acceptors (Lipinski definition) is 2. The second-order valence-corrected chi connectivity index (χ2v) is 17.9. The van der Waals surface area contributed by atoms with E-state index in [4.69, 9.17) is 9.40 Å². The van der Waals surface area contributed by atoms with E-state index in [-0.39, 0.29) is 6.04 Å². The Kier molecular flexibility index (Phi) is 8.23. The van der Waals surface area contributed by atoms with Crippen molar-refractivity contribution in [2.45, 2.75) is 6.04 Å². The second-order valence-electron chi connectivity index (χ2n) is 14.1. The molecule has 0 bridgehead atoms. The highest BCUT2D eigenvalue weighted by Gasteiger charge is 2.44. The van der Waals surface area contributed by atoms with E-state index >= 15 is 0 Å². The quantitative estimate of drug-likeness (QED) is 0.0679. The largest absolute Gasteiger partial charge is 0.435 e. The summed E-state index contributed by atoms with van der Waals surface area (Å²) in [4.78, 5) is 4.95. The number of oxazole rings is 1. The molecule has 0 aliphatic heterocycles. The predicted octanol–water partition coefficient (Wildman–Crippen LogP) is 9.10. The zero-order valence-electron chi connectivity index (χ0n) is 30.2. The summed E-state index contributed by atoms with van der Waals surface area (Å²) in [6.07, 6.45) is 4.40. The standard InChI is InChI=1S/C51H37N2OSi/c1-6-18-39(19-7-1)51-52-46-33-32-38-30-28-37-29-31-40(36-45(37)48(38)50(46)54-51)49(53-34-16-5-17-35-53)44-26-14-15-27-47(44)55(41-20-8-2-9-21-41,42-22-10-3-11-23-42)43-24-12-4-13-25-43/h1-36,49H/q+1. The maximum atomic E-state index is 6.65. The fourth-order valence-corrected chi connectivity index (χ4v) is 13.6. The highest BCUT2D eigenvalue weighted by molar-refractivity contribution is 7.20. The van der Waals surface area contributed by atoms with Crippen molar-refractivity contribution in [3.05, 3.63) is 230 Å². The average molecular weight is 722 g/mol. The number of nitrogens with zero attached hydrogens (tertiary/aromatic N) is 2. The Morgan fingerprint density at radius 3 is 1.67 bits per heavy atom. The average Bonchev–Trinajstić information content (AvgIpc) is 3.71. The van der Waals surface area contributed by atoms with Gasteiger partial charge in [-0.3, -0.25) is 0 Å². The molecule has 8 aromatic carbocycles. The van der Waals surface area contributed by atoms with Gasteiger partial charge in [0.2, 0.25) is 11.9 Å². The molecule has 0 aliphatic rings. The number of fused-ring (bicyclic) bond motifs is 5. The van der Waals surface area contributed by atoms with E-state index in [1.165, 1.54) is 31.9 Å². The first-order valence-corrected chi connectivity index (χ1v) is 20.8. The number of pyridine rings is 1. The predicted molar refractivity (Wildman–Crippen MR) is 228 cm³/mol. The van der Waals surface area contributed by atoms with Crippen LogP contribution in [0.3, 0.4) is 0 Å². The second kappa shape index (κ2) is 13.8. The third kappa shape index (κ3) is 5.58. The molecule has 4 heteroatoms. The van der Waals surface area contributed by atoms with E-state index in [2.05, 4.69) is 193 Å². The van der Waals surface area contributed by atoms with Crippen LogP contribution >= 0.6 is 0 Å². The summed E-state index contributed by atoms with van der Waals surface area (Å²) in [5.41, 5.74) is 5.10. The minimum atomic E-state index is -2.87. The first kappa shape index (κ1) is 32.7. The van der Waals surface area contributed by atoms with E-state index in [1.807, 2.05) is 30.3 Å². The lowest BCUT2D eigenvalue weighted by molar-refractivity contribution is -0.704. The van der Waals surface area contributed by atoms with Crippen LogP contribution in [-0.2, 0) is 0 Å². The summed E-state index contributed by atoms with van der Waals surface area (Å²) in [6.45, 7) is 0. The lowest BCUT2D eigenvalue weighted by atomic mass is 9.93. The van der Waals surface area contributed by atoms with Gasteiger partial charge in [-0.2, -0.15) is 4.57 Å². The molecule has 0 spiro atoms. The van der Waals surface area contributed by atoms with Crippen molar-refractivity contribution in [1.29, 1.82) is 0 Å². The summed E-state index contributed by atoms with van der Waals surface area (Å²) in [5, 5.41) is 9.93. The van der Waals surface area contributed by atoms with Crippen molar-refractivity contribution in [3.8, 4) is 11.5 Å². The molecule has 10 aromatic rings. The fourth-order valence-electron chi connectivity index (χ4n) is 8.62. The van der Waals surface area contributed by atoms with Gasteiger partial charge in [0.25, 0.3) is 0 Å². The van der Waals surface area contributed by atoms with Gasteiger partial charge in [0.15, 0.2) is 26.1 Å². The molecule has 0 aliphatic carbocycles. The van der Waals surface area contributed by atoms with Crippen molar-refractivity contribution in [2.24, 2.45) is 0 Å². The highest BCUT2D eigenvalue weighted by atomic mass is 28.3. The Hall–Kier alpha value is -6.88. The van der Waals surface area contributed by atoms with Crippen molar-refractivity contribution in [1.82, 2.24) is 4.98 Å². The van der Waals surface area contributed by atoms with E-state index in [0.717, 1.165) is 38.2 Å². The van der Waals surface area contributed by atoms with E-state index < -0.39 is 8.07 Å². The summed E-state index contributed by atoms with van der Waals surface area (Å²) < 4.78 is 9.01. The molecular formula is C51H37N2OSi+. The van der Waals surface area contributed by atoms with E-state index in [1.54, 1.807) is 0 Å². The van der Waals surface area contributed by atoms with Crippen molar-refractivity contribution < 1.29 is 8.98 Å². The summed E-state index contributed by atoms with van der Waals surface area (Å²) >= 11 is 0. The zero-order valence-corrected chi connectivity index (χ0v) is 31.2. The van der Waals surface area contributed by atoms with Crippen LogP contribution in [0.5, 0.6) is 0 Å². The highest BCUT2D eigenvalue weighted by Crippen LogP contribution is 2.36. The number of aromatic nitrogens is 2. The molecule has 0 fully saturated rings. The Balaban J connectivity index is 1.27. The summed E-state index contributed by atoms with van der Waals surface area (Å²) in [6, 6.07) is 74.7. The fraction of sp³-hybridized carbons (Fsp3) is 0.0196. The smallest absolute Gasteiger partial charge is 0.227 e. The van der Waals surface area contributed by atoms with Crippen LogP contribution in [-0.4, -0.2) is 13.1 Å². The van der Waals surface area contributed by atoms with Gasteiger partial charge < -0.3 is 4.42 Å². The van der Waals surface area contributed by atoms with Crippen LogP contribution in [0.1, 0.15) is 17.2 Å². The zero-order chi connectivity index (χ0) is 36.6. The minimum Gasteiger partial charge on any atom is -0.435 e. The molecule has 0 N–H and O–H groups in total. The molecule has 1 unspecified atom stereocenters. The van der Waals surface area contributed by atoms with E-state index in [0.29, 0.717) is 5.89 Å². The molecule has 0 saturated heterocycles. The maximum absolute atomic E-state index is 6.65. The maximum Gasteiger partial charge on any atom is 0.227 e. The number of rotatable bonds is 8. The SMILES string of the molecule is c1ccc(-c2nc3ccc4ccc5ccc(C(c6ccccc6[Si](c6ccccc6)(c6ccccc6)c6ccccc6)[n+]6ccccc6)cc5c4c3o2)cc1. The third-order valence-corrected chi connectivity index (χ3v) is 15.9. The first-order valence-electron chi connectivity index (χ1n) is 18.8. The molecule has 0 saturated carbocycles. The van der Waals surface area contributed by atoms with Gasteiger partial charge in [-0.25, -0.2) is 4.98 Å². The molecular weight excluding hydrogens is 685 g/mol. The summed E-state index contributed by atoms with van der Waals surface area (Å²) in [5.74, 6) is 0.631. The molecule has 1 atom stereocenters. The van der Waals surface area contributed by atoms with E-state index in [9.17, 15) is 0 Å². The topological polar surface area (TPSA) is 29.9 Å². The normalized spacial score (nSPS) is 12.3. The van der Waals surface area contributed by atoms with Crippen LogP contribution in [0.15, 0.2) is 223 Å². The van der Waals surface area contributed by atoms with Crippen LogP contribution in [0.25, 0.3) is 44.1 Å². The molecule has 260 valence electrons. The third-order valence-electron chi connectivity index (χ3n) is 11.0. The van der Waals surface area contributed by atoms with Gasteiger partial charge in [0.1, 0.15) is 5.52 Å². The first-order chi connectivity index (χ1) is 27.3. The van der Waals surface area contributed by atoms with Crippen molar-refractivity contribution >= 4 is 61.5 Å². The number of benzene rings is 8. The molecule has 10 rings (SSSR count). The molecule has 0 amide bonds. The molecule has 2 heterocycles. The lowest BCUT2D eigenvalue weighted by Crippen LogP contribution is -2.75. The van der Waals surface area contributed by atoms with Crippen molar-refractivity contribution in [2.75, 3.05) is 0 Å². The monoisotopic (exact) mass is 721 g/mol. The van der Waals surface area contributed by atoms with Crippen LogP contribution < -0.4 is 25.3 Å². The number of hydrogen-bond donors (Lipinski definition) is 0. The minimum absolute atomic E-state index is 0.131. The van der Waals surface area contributed by atoms with Crippen molar-refractivity contribution in [3.63, 3.8) is 0 Å². The van der Waals surface area contributed by atoms with Gasteiger partial charge in [-0.05, 0) is 61.2 Å². The Morgan fingerprint density at radius 2 is 1.02 bits per heavy atom. The Morgan fingerprint density at radius 1 is 0.491 bits per heavy atom.